The van der Waals surface area contributed by atoms with E-state index in [2.05, 4.69) is 15.9 Å². The summed E-state index contributed by atoms with van der Waals surface area (Å²) >= 11 is 10.7. The number of nitrogens with zero attached hydrogens (tertiary/aromatic N) is 1. The molecule has 0 unspecified atom stereocenters. The van der Waals surface area contributed by atoms with Gasteiger partial charge in [0, 0.05) is 22.9 Å². The number of alkyl halides is 1. The number of amides is 1. The third kappa shape index (κ3) is 2.44. The summed E-state index contributed by atoms with van der Waals surface area (Å²) in [5.41, 5.74) is 0. The Morgan fingerprint density at radius 3 is 2.81 bits per heavy atom. The van der Waals surface area contributed by atoms with Crippen molar-refractivity contribution in [2.75, 3.05) is 12.4 Å². The molecule has 0 bridgehead atoms. The van der Waals surface area contributed by atoms with E-state index in [9.17, 15) is 4.79 Å². The standard InChI is InChI=1S/C11H13BrClNOS/c12-9-4-7-16-10(9)11(15)14(6-5-13)8-2-1-3-8/h4,7-8H,1-3,5-6H2. The Balaban J connectivity index is 2.13. The van der Waals surface area contributed by atoms with Crippen LogP contribution in [0.1, 0.15) is 28.9 Å². The van der Waals surface area contributed by atoms with Crippen molar-refractivity contribution < 1.29 is 4.79 Å². The normalized spacial score (nSPS) is 15.9. The fourth-order valence-corrected chi connectivity index (χ4v) is 3.49. The van der Waals surface area contributed by atoms with E-state index in [1.165, 1.54) is 17.8 Å². The number of hydrogen-bond acceptors (Lipinski definition) is 2. The molecule has 16 heavy (non-hydrogen) atoms. The molecule has 1 fully saturated rings. The molecule has 0 aliphatic heterocycles. The Hall–Kier alpha value is -0.0600. The molecule has 0 N–H and O–H groups in total. The van der Waals surface area contributed by atoms with Crippen molar-refractivity contribution in [3.8, 4) is 0 Å². The van der Waals surface area contributed by atoms with Crippen LogP contribution in [0, 0.1) is 0 Å². The molecule has 1 aromatic rings. The Morgan fingerprint density at radius 1 is 1.62 bits per heavy atom. The lowest BCUT2D eigenvalue weighted by Crippen LogP contribution is -2.45. The molecule has 1 aliphatic carbocycles. The van der Waals surface area contributed by atoms with Crippen LogP contribution in [0.2, 0.25) is 0 Å². The predicted molar refractivity (Wildman–Crippen MR) is 71.4 cm³/mol. The molecular formula is C11H13BrClNOS. The number of halogens is 2. The second kappa shape index (κ2) is 5.52. The maximum atomic E-state index is 12.3. The van der Waals surface area contributed by atoms with Gasteiger partial charge in [0.05, 0.1) is 0 Å². The van der Waals surface area contributed by atoms with Crippen LogP contribution in [0.3, 0.4) is 0 Å². The van der Waals surface area contributed by atoms with Crippen molar-refractivity contribution in [1.29, 1.82) is 0 Å². The van der Waals surface area contributed by atoms with E-state index >= 15 is 0 Å². The summed E-state index contributed by atoms with van der Waals surface area (Å²) in [6, 6.07) is 2.32. The number of thiophene rings is 1. The average Bonchev–Trinajstić information content (AvgIpc) is 2.60. The van der Waals surface area contributed by atoms with Gasteiger partial charge in [-0.05, 0) is 46.6 Å². The second-order valence-electron chi connectivity index (χ2n) is 3.87. The fraction of sp³-hybridized carbons (Fsp3) is 0.545. The van der Waals surface area contributed by atoms with E-state index < -0.39 is 0 Å². The third-order valence-corrected chi connectivity index (χ3v) is 4.91. The van der Waals surface area contributed by atoms with Gasteiger partial charge in [-0.1, -0.05) is 0 Å². The lowest BCUT2D eigenvalue weighted by Gasteiger charge is -2.37. The molecule has 0 aromatic carbocycles. The molecule has 1 aliphatic rings. The molecule has 0 spiro atoms. The van der Waals surface area contributed by atoms with Gasteiger partial charge in [-0.2, -0.15) is 0 Å². The summed E-state index contributed by atoms with van der Waals surface area (Å²) < 4.78 is 0.890. The molecule has 0 radical (unpaired) electrons. The number of hydrogen-bond donors (Lipinski definition) is 0. The average molecular weight is 323 g/mol. The number of carbonyl (C=O) groups excluding carboxylic acids is 1. The van der Waals surface area contributed by atoms with Crippen molar-refractivity contribution in [2.24, 2.45) is 0 Å². The first kappa shape index (κ1) is 12.4. The van der Waals surface area contributed by atoms with Gasteiger partial charge in [-0.25, -0.2) is 0 Å². The smallest absolute Gasteiger partial charge is 0.265 e. The van der Waals surface area contributed by atoms with Crippen molar-refractivity contribution >= 4 is 44.8 Å². The van der Waals surface area contributed by atoms with Gasteiger partial charge in [0.2, 0.25) is 0 Å². The van der Waals surface area contributed by atoms with E-state index in [1.807, 2.05) is 16.3 Å². The minimum atomic E-state index is 0.118. The molecule has 1 saturated carbocycles. The van der Waals surface area contributed by atoms with E-state index in [1.54, 1.807) is 0 Å². The van der Waals surface area contributed by atoms with Crippen LogP contribution >= 0.6 is 38.9 Å². The highest BCUT2D eigenvalue weighted by atomic mass is 79.9. The Bertz CT molecular complexity index is 378. The topological polar surface area (TPSA) is 20.3 Å². The van der Waals surface area contributed by atoms with Gasteiger partial charge < -0.3 is 4.90 Å². The Morgan fingerprint density at radius 2 is 2.38 bits per heavy atom. The van der Waals surface area contributed by atoms with Crippen LogP contribution in [-0.4, -0.2) is 29.3 Å². The molecular weight excluding hydrogens is 310 g/mol. The monoisotopic (exact) mass is 321 g/mol. The minimum Gasteiger partial charge on any atom is -0.334 e. The van der Waals surface area contributed by atoms with Crippen LogP contribution in [0.15, 0.2) is 15.9 Å². The van der Waals surface area contributed by atoms with Crippen LogP contribution in [-0.2, 0) is 0 Å². The zero-order valence-corrected chi connectivity index (χ0v) is 11.9. The lowest BCUT2D eigenvalue weighted by atomic mass is 9.91. The van der Waals surface area contributed by atoms with E-state index in [-0.39, 0.29) is 5.91 Å². The van der Waals surface area contributed by atoms with Crippen LogP contribution in [0.25, 0.3) is 0 Å². The summed E-state index contributed by atoms with van der Waals surface area (Å²) in [4.78, 5) is 15.0. The van der Waals surface area contributed by atoms with Gasteiger partial charge in [0.25, 0.3) is 5.91 Å². The quantitative estimate of drug-likeness (QED) is 0.773. The third-order valence-electron chi connectivity index (χ3n) is 2.91. The van der Waals surface area contributed by atoms with Crippen molar-refractivity contribution in [3.63, 3.8) is 0 Å². The van der Waals surface area contributed by atoms with Crippen molar-refractivity contribution in [1.82, 2.24) is 4.90 Å². The van der Waals surface area contributed by atoms with E-state index in [4.69, 9.17) is 11.6 Å². The first-order valence-corrected chi connectivity index (χ1v) is 7.54. The van der Waals surface area contributed by atoms with Gasteiger partial charge in [0.15, 0.2) is 0 Å². The van der Waals surface area contributed by atoms with Gasteiger partial charge in [-0.3, -0.25) is 4.79 Å². The first-order chi connectivity index (χ1) is 7.74. The lowest BCUT2D eigenvalue weighted by molar-refractivity contribution is 0.0602. The van der Waals surface area contributed by atoms with Crippen molar-refractivity contribution in [3.05, 3.63) is 20.8 Å². The summed E-state index contributed by atoms with van der Waals surface area (Å²) in [7, 11) is 0. The van der Waals surface area contributed by atoms with Gasteiger partial charge in [0.1, 0.15) is 4.88 Å². The molecule has 2 rings (SSSR count). The van der Waals surface area contributed by atoms with E-state index in [0.29, 0.717) is 18.5 Å². The number of carbonyl (C=O) groups is 1. The molecule has 5 heteroatoms. The summed E-state index contributed by atoms with van der Waals surface area (Å²) in [5, 5.41) is 1.93. The van der Waals surface area contributed by atoms with Gasteiger partial charge >= 0.3 is 0 Å². The first-order valence-electron chi connectivity index (χ1n) is 5.34. The highest BCUT2D eigenvalue weighted by Gasteiger charge is 2.30. The maximum Gasteiger partial charge on any atom is 0.265 e. The van der Waals surface area contributed by atoms with Crippen LogP contribution < -0.4 is 0 Å². The molecule has 1 aromatic heterocycles. The zero-order valence-electron chi connectivity index (χ0n) is 8.79. The largest absolute Gasteiger partial charge is 0.334 e. The molecule has 0 saturated heterocycles. The Kier molecular flexibility index (Phi) is 4.27. The molecule has 88 valence electrons. The van der Waals surface area contributed by atoms with Crippen molar-refractivity contribution in [2.45, 2.75) is 25.3 Å². The highest BCUT2D eigenvalue weighted by Crippen LogP contribution is 2.30. The van der Waals surface area contributed by atoms with Crippen LogP contribution in [0.4, 0.5) is 0 Å². The minimum absolute atomic E-state index is 0.118. The van der Waals surface area contributed by atoms with Crippen LogP contribution in [0.5, 0.6) is 0 Å². The summed E-state index contributed by atoms with van der Waals surface area (Å²) in [6.07, 6.45) is 3.46. The molecule has 2 nitrogen and oxygen atoms in total. The summed E-state index contributed by atoms with van der Waals surface area (Å²) in [6.45, 7) is 0.648. The maximum absolute atomic E-state index is 12.3. The highest BCUT2D eigenvalue weighted by molar-refractivity contribution is 9.10. The predicted octanol–water partition coefficient (Wildman–Crippen LogP) is 3.74. The second-order valence-corrected chi connectivity index (χ2v) is 6.02. The fourth-order valence-electron chi connectivity index (χ4n) is 1.82. The molecule has 1 amide bonds. The molecule has 1 heterocycles. The molecule has 0 atom stereocenters. The van der Waals surface area contributed by atoms with E-state index in [0.717, 1.165) is 22.2 Å². The number of rotatable bonds is 4. The summed E-state index contributed by atoms with van der Waals surface area (Å²) in [5.74, 6) is 0.623. The Labute approximate surface area is 113 Å². The SMILES string of the molecule is O=C(c1sccc1Br)N(CCCl)C1CCC1. The zero-order chi connectivity index (χ0) is 11.5. The van der Waals surface area contributed by atoms with Gasteiger partial charge in [-0.15, -0.1) is 22.9 Å².